The van der Waals surface area contributed by atoms with Gasteiger partial charge in [-0.2, -0.15) is 0 Å². The lowest BCUT2D eigenvalue weighted by Gasteiger charge is -2.31. The highest BCUT2D eigenvalue weighted by molar-refractivity contribution is 7.09. The molecule has 30 heavy (non-hydrogen) atoms. The Morgan fingerprint density at radius 3 is 2.33 bits per heavy atom. The number of hydrogen-bond donors (Lipinski definition) is 1. The van der Waals surface area contributed by atoms with Crippen LogP contribution < -0.4 is 5.32 Å². The third-order valence-corrected chi connectivity index (χ3v) is 6.36. The Morgan fingerprint density at radius 1 is 1.03 bits per heavy atom. The van der Waals surface area contributed by atoms with Gasteiger partial charge in [-0.15, -0.1) is 11.3 Å². The molecule has 2 heterocycles. The van der Waals surface area contributed by atoms with E-state index >= 15 is 0 Å². The van der Waals surface area contributed by atoms with Crippen LogP contribution in [0.1, 0.15) is 39.8 Å². The van der Waals surface area contributed by atoms with Crippen LogP contribution in [-0.4, -0.2) is 41.2 Å². The Kier molecular flexibility index (Phi) is 6.67. The topological polar surface area (TPSA) is 62.3 Å². The van der Waals surface area contributed by atoms with Crippen LogP contribution in [-0.2, 0) is 4.79 Å². The molecule has 0 saturated carbocycles. The summed E-state index contributed by atoms with van der Waals surface area (Å²) in [6, 6.07) is 19.2. The van der Waals surface area contributed by atoms with Crippen molar-refractivity contribution in [3.63, 3.8) is 0 Å². The van der Waals surface area contributed by atoms with Gasteiger partial charge in [0, 0.05) is 23.1 Å². The molecule has 0 spiro atoms. The van der Waals surface area contributed by atoms with E-state index in [1.165, 1.54) is 11.3 Å². The number of hydrogen-bond acceptors (Lipinski definition) is 5. The van der Waals surface area contributed by atoms with Crippen LogP contribution >= 0.6 is 11.3 Å². The number of carbonyl (C=O) groups excluding carboxylic acids is 2. The molecule has 4 rings (SSSR count). The summed E-state index contributed by atoms with van der Waals surface area (Å²) in [4.78, 5) is 32.0. The first-order valence-electron chi connectivity index (χ1n) is 10.3. The Bertz CT molecular complexity index is 953. The molecule has 3 aromatic rings. The highest BCUT2D eigenvalue weighted by atomic mass is 32.1. The minimum Gasteiger partial charge on any atom is -0.342 e. The number of benzene rings is 2. The predicted octanol–water partition coefficient (Wildman–Crippen LogP) is 3.94. The molecule has 6 heteroatoms. The molecule has 0 radical (unpaired) electrons. The van der Waals surface area contributed by atoms with Crippen LogP contribution in [0.3, 0.4) is 0 Å². The molecule has 2 aromatic carbocycles. The SMILES string of the molecule is O=C(CN1CCC(C(=O)c2ccccc2)CC1)NC(c1ccccc1)c1nccs1. The number of Topliss-reactive ketones (excluding diaryl/α,β-unsaturated/α-hetero) is 1. The number of piperidine rings is 1. The minimum atomic E-state index is -0.240. The molecule has 1 aliphatic rings. The van der Waals surface area contributed by atoms with E-state index in [0.29, 0.717) is 6.54 Å². The van der Waals surface area contributed by atoms with Crippen LogP contribution in [0.25, 0.3) is 0 Å². The maximum absolute atomic E-state index is 12.8. The van der Waals surface area contributed by atoms with Crippen LogP contribution in [0.2, 0.25) is 0 Å². The molecule has 5 nitrogen and oxygen atoms in total. The fraction of sp³-hybridized carbons (Fsp3) is 0.292. The summed E-state index contributed by atoms with van der Waals surface area (Å²) >= 11 is 1.54. The average molecular weight is 420 g/mol. The van der Waals surface area contributed by atoms with Gasteiger partial charge in [0.25, 0.3) is 0 Å². The maximum Gasteiger partial charge on any atom is 0.235 e. The average Bonchev–Trinajstić information content (AvgIpc) is 3.33. The number of carbonyl (C=O) groups is 2. The quantitative estimate of drug-likeness (QED) is 0.589. The first-order chi connectivity index (χ1) is 14.7. The molecule has 0 bridgehead atoms. The number of rotatable bonds is 7. The molecule has 1 unspecified atom stereocenters. The van der Waals surface area contributed by atoms with Gasteiger partial charge in [-0.1, -0.05) is 60.7 Å². The second-order valence-corrected chi connectivity index (χ2v) is 8.49. The minimum absolute atomic E-state index is 0.0214. The third kappa shape index (κ3) is 5.01. The van der Waals surface area contributed by atoms with Crippen LogP contribution in [0, 0.1) is 5.92 Å². The summed E-state index contributed by atoms with van der Waals surface area (Å²) in [6.45, 7) is 1.84. The van der Waals surface area contributed by atoms with Gasteiger partial charge in [0.05, 0.1) is 6.54 Å². The Morgan fingerprint density at radius 2 is 1.70 bits per heavy atom. The van der Waals surface area contributed by atoms with Crippen LogP contribution in [0.4, 0.5) is 0 Å². The first-order valence-corrected chi connectivity index (χ1v) is 11.1. The van der Waals surface area contributed by atoms with Gasteiger partial charge in [-0.3, -0.25) is 14.5 Å². The van der Waals surface area contributed by atoms with Crippen LogP contribution in [0.5, 0.6) is 0 Å². The molecule has 1 saturated heterocycles. The van der Waals surface area contributed by atoms with E-state index in [-0.39, 0.29) is 23.7 Å². The normalized spacial score (nSPS) is 16.1. The molecule has 1 fully saturated rings. The lowest BCUT2D eigenvalue weighted by Crippen LogP contribution is -2.43. The Hall–Kier alpha value is -2.83. The summed E-state index contributed by atoms with van der Waals surface area (Å²) in [5, 5.41) is 5.94. The monoisotopic (exact) mass is 419 g/mol. The van der Waals surface area contributed by atoms with E-state index in [0.717, 1.165) is 42.1 Å². The molecule has 1 atom stereocenters. The van der Waals surface area contributed by atoms with Crippen molar-refractivity contribution < 1.29 is 9.59 Å². The van der Waals surface area contributed by atoms with Gasteiger partial charge in [-0.05, 0) is 31.5 Å². The Labute approximate surface area is 180 Å². The highest BCUT2D eigenvalue weighted by Gasteiger charge is 2.27. The number of nitrogens with one attached hydrogen (secondary N) is 1. The molecule has 1 N–H and O–H groups in total. The zero-order valence-corrected chi connectivity index (χ0v) is 17.6. The van der Waals surface area contributed by atoms with E-state index in [4.69, 9.17) is 0 Å². The van der Waals surface area contributed by atoms with Gasteiger partial charge in [0.1, 0.15) is 11.0 Å². The zero-order chi connectivity index (χ0) is 20.8. The highest BCUT2D eigenvalue weighted by Crippen LogP contribution is 2.24. The number of likely N-dealkylation sites (tertiary alicyclic amines) is 1. The number of ketones is 1. The fourth-order valence-electron chi connectivity index (χ4n) is 3.91. The van der Waals surface area contributed by atoms with Crippen molar-refractivity contribution in [3.05, 3.63) is 88.4 Å². The summed E-state index contributed by atoms with van der Waals surface area (Å²) < 4.78 is 0. The van der Waals surface area contributed by atoms with Crippen molar-refractivity contribution in [2.24, 2.45) is 5.92 Å². The van der Waals surface area contributed by atoms with Crippen molar-refractivity contribution >= 4 is 23.0 Å². The first kappa shape index (κ1) is 20.4. The van der Waals surface area contributed by atoms with Gasteiger partial charge in [0.2, 0.25) is 5.91 Å². The number of amides is 1. The van der Waals surface area contributed by atoms with E-state index in [2.05, 4.69) is 15.2 Å². The van der Waals surface area contributed by atoms with Crippen molar-refractivity contribution in [1.82, 2.24) is 15.2 Å². The smallest absolute Gasteiger partial charge is 0.235 e. The van der Waals surface area contributed by atoms with E-state index in [1.807, 2.05) is 66.0 Å². The second-order valence-electron chi connectivity index (χ2n) is 7.56. The van der Waals surface area contributed by atoms with Crippen molar-refractivity contribution in [2.75, 3.05) is 19.6 Å². The number of nitrogens with zero attached hydrogens (tertiary/aromatic N) is 2. The van der Waals surface area contributed by atoms with E-state index in [1.54, 1.807) is 6.20 Å². The zero-order valence-electron chi connectivity index (χ0n) is 16.7. The van der Waals surface area contributed by atoms with Gasteiger partial charge in [-0.25, -0.2) is 4.98 Å². The summed E-state index contributed by atoms with van der Waals surface area (Å²) in [6.07, 6.45) is 3.34. The lowest BCUT2D eigenvalue weighted by atomic mass is 9.89. The summed E-state index contributed by atoms with van der Waals surface area (Å²) in [7, 11) is 0. The van der Waals surface area contributed by atoms with Crippen LogP contribution in [0.15, 0.2) is 72.2 Å². The van der Waals surface area contributed by atoms with Gasteiger partial charge in [0.15, 0.2) is 5.78 Å². The van der Waals surface area contributed by atoms with Crippen molar-refractivity contribution in [3.8, 4) is 0 Å². The number of aromatic nitrogens is 1. The van der Waals surface area contributed by atoms with E-state index < -0.39 is 0 Å². The number of thiazole rings is 1. The maximum atomic E-state index is 12.8. The predicted molar refractivity (Wildman–Crippen MR) is 118 cm³/mol. The molecule has 1 aromatic heterocycles. The Balaban J connectivity index is 1.33. The van der Waals surface area contributed by atoms with Gasteiger partial charge < -0.3 is 5.32 Å². The molecule has 0 aliphatic carbocycles. The standard InChI is InChI=1S/C24H25N3O2S/c28-21(26-22(24-25-13-16-30-24)18-7-3-1-4-8-18)17-27-14-11-20(12-15-27)23(29)19-9-5-2-6-10-19/h1-10,13,16,20,22H,11-12,14-15,17H2,(H,26,28). The summed E-state index contributed by atoms with van der Waals surface area (Å²) in [5.41, 5.74) is 1.80. The summed E-state index contributed by atoms with van der Waals surface area (Å²) in [5.74, 6) is 0.235. The third-order valence-electron chi connectivity index (χ3n) is 5.52. The molecule has 1 aliphatic heterocycles. The molecule has 154 valence electrons. The molecular formula is C24H25N3O2S. The fourth-order valence-corrected chi connectivity index (χ4v) is 4.63. The molecular weight excluding hydrogens is 394 g/mol. The van der Waals surface area contributed by atoms with Crippen molar-refractivity contribution in [2.45, 2.75) is 18.9 Å². The lowest BCUT2D eigenvalue weighted by molar-refractivity contribution is -0.123. The van der Waals surface area contributed by atoms with Crippen molar-refractivity contribution in [1.29, 1.82) is 0 Å². The molecule has 1 amide bonds. The van der Waals surface area contributed by atoms with Gasteiger partial charge >= 0.3 is 0 Å². The second kappa shape index (κ2) is 9.78. The van der Waals surface area contributed by atoms with E-state index in [9.17, 15) is 9.59 Å². The largest absolute Gasteiger partial charge is 0.342 e.